The molecule has 0 fully saturated rings. The Kier molecular flexibility index (Phi) is 77.8. The molecule has 6 heteroatoms. The van der Waals surface area contributed by atoms with E-state index < -0.39 is 12.1 Å². The van der Waals surface area contributed by atoms with E-state index in [1.165, 1.54) is 392 Å². The molecule has 0 aliphatic carbocycles. The molecule has 532 valence electrons. The molecule has 90 heavy (non-hydrogen) atoms. The zero-order chi connectivity index (χ0) is 64.9. The highest BCUT2D eigenvalue weighted by molar-refractivity contribution is 5.76. The van der Waals surface area contributed by atoms with E-state index >= 15 is 0 Å². The SMILES string of the molecule is CCCCCCCC/C=C\CCCCCCCCCC(=O)OCCCCCCCCCCCCCCCCCC/C=C\CCCCCCCCCCCCCCCCCCCC(=O)NC(CO)C(O)/C=C/CCCCCCCCCCCCCCCCCCC. The van der Waals surface area contributed by atoms with Gasteiger partial charge in [0.1, 0.15) is 0 Å². The predicted molar refractivity (Wildman–Crippen MR) is 398 cm³/mol. The molecule has 0 saturated heterocycles. The Morgan fingerprint density at radius 3 is 0.789 bits per heavy atom. The largest absolute Gasteiger partial charge is 0.466 e. The summed E-state index contributed by atoms with van der Waals surface area (Å²) in [4.78, 5) is 24.6. The molecular formula is C84H161NO5. The number of carbonyl (C=O) groups is 2. The maximum atomic E-state index is 12.5. The molecule has 2 unspecified atom stereocenters. The average molecular weight is 1270 g/mol. The molecule has 0 aromatic heterocycles. The van der Waals surface area contributed by atoms with E-state index in [1.807, 2.05) is 6.08 Å². The number of allylic oxidation sites excluding steroid dienone is 5. The van der Waals surface area contributed by atoms with Gasteiger partial charge < -0.3 is 20.3 Å². The molecule has 0 saturated carbocycles. The lowest BCUT2D eigenvalue weighted by Crippen LogP contribution is -2.45. The Hall–Kier alpha value is -1.92. The number of hydrogen-bond acceptors (Lipinski definition) is 5. The third-order valence-electron chi connectivity index (χ3n) is 19.4. The lowest BCUT2D eigenvalue weighted by molar-refractivity contribution is -0.143. The van der Waals surface area contributed by atoms with Crippen LogP contribution in [0.15, 0.2) is 36.5 Å². The summed E-state index contributed by atoms with van der Waals surface area (Å²) in [5.74, 6) is -0.0411. The molecule has 6 nitrogen and oxygen atoms in total. The van der Waals surface area contributed by atoms with Gasteiger partial charge in [-0.05, 0) is 83.5 Å². The molecule has 0 aliphatic rings. The molecule has 0 spiro atoms. The third-order valence-corrected chi connectivity index (χ3v) is 19.4. The van der Waals surface area contributed by atoms with E-state index in [1.54, 1.807) is 6.08 Å². The Morgan fingerprint density at radius 1 is 0.300 bits per heavy atom. The van der Waals surface area contributed by atoms with E-state index in [0.29, 0.717) is 19.4 Å². The second kappa shape index (κ2) is 79.5. The third kappa shape index (κ3) is 75.1. The van der Waals surface area contributed by atoms with Crippen LogP contribution in [0, 0.1) is 0 Å². The fourth-order valence-electron chi connectivity index (χ4n) is 13.1. The van der Waals surface area contributed by atoms with Crippen molar-refractivity contribution in [2.45, 2.75) is 475 Å². The standard InChI is InChI=1S/C84H161NO5/c1-3-5-7-9-11-13-15-17-19-21-41-45-48-52-56-60-64-68-72-76-82(87)81(80-86)85-83(88)77-73-69-65-61-57-53-49-46-42-39-37-35-33-31-29-27-25-23-22-24-26-28-30-32-34-36-38-40-43-47-51-55-59-63-67-71-75-79-90-84(89)78-74-70-66-62-58-54-50-44-20-18-16-14-12-10-8-6-4-2/h18,20,22,24,72,76,81-82,86-87H,3-17,19,21,23,25-71,73-75,77-80H2,1-2H3,(H,85,88)/b20-18-,24-22-,76-72+. The summed E-state index contributed by atoms with van der Waals surface area (Å²) in [5.41, 5.74) is 0. The summed E-state index contributed by atoms with van der Waals surface area (Å²) in [6, 6.07) is -0.626. The monoisotopic (exact) mass is 1260 g/mol. The zero-order valence-corrected chi connectivity index (χ0v) is 61.1. The smallest absolute Gasteiger partial charge is 0.305 e. The van der Waals surface area contributed by atoms with Gasteiger partial charge in [0.25, 0.3) is 0 Å². The van der Waals surface area contributed by atoms with Crippen molar-refractivity contribution in [3.63, 3.8) is 0 Å². The molecule has 0 bridgehead atoms. The lowest BCUT2D eigenvalue weighted by atomic mass is 10.0. The number of aliphatic hydroxyl groups excluding tert-OH is 2. The van der Waals surface area contributed by atoms with Gasteiger partial charge in [-0.1, -0.05) is 403 Å². The van der Waals surface area contributed by atoms with Crippen LogP contribution >= 0.6 is 0 Å². The molecule has 1 amide bonds. The highest BCUT2D eigenvalue weighted by atomic mass is 16.5. The molecule has 0 radical (unpaired) electrons. The first-order valence-corrected chi connectivity index (χ1v) is 41.3. The van der Waals surface area contributed by atoms with Gasteiger partial charge in [0.2, 0.25) is 5.91 Å². The molecule has 0 aromatic rings. The number of aliphatic hydroxyl groups is 2. The van der Waals surface area contributed by atoms with Crippen LogP contribution in [0.25, 0.3) is 0 Å². The van der Waals surface area contributed by atoms with Crippen molar-refractivity contribution in [2.24, 2.45) is 0 Å². The number of ether oxygens (including phenoxy) is 1. The normalized spacial score (nSPS) is 12.6. The first kappa shape index (κ1) is 88.1. The number of hydrogen-bond donors (Lipinski definition) is 3. The van der Waals surface area contributed by atoms with Gasteiger partial charge in [0, 0.05) is 12.8 Å². The van der Waals surface area contributed by atoms with Crippen LogP contribution in [-0.2, 0) is 14.3 Å². The van der Waals surface area contributed by atoms with E-state index in [9.17, 15) is 19.8 Å². The van der Waals surface area contributed by atoms with Crippen LogP contribution in [-0.4, -0.2) is 47.4 Å². The number of nitrogens with one attached hydrogen (secondary N) is 1. The van der Waals surface area contributed by atoms with Gasteiger partial charge in [-0.25, -0.2) is 0 Å². The van der Waals surface area contributed by atoms with E-state index in [4.69, 9.17) is 4.74 Å². The Balaban J connectivity index is 3.34. The van der Waals surface area contributed by atoms with Gasteiger partial charge in [-0.3, -0.25) is 9.59 Å². The van der Waals surface area contributed by atoms with Gasteiger partial charge in [-0.15, -0.1) is 0 Å². The first-order chi connectivity index (χ1) is 44.5. The summed E-state index contributed by atoms with van der Waals surface area (Å²) in [6.07, 6.45) is 104. The van der Waals surface area contributed by atoms with Crippen molar-refractivity contribution in [1.29, 1.82) is 0 Å². The minimum atomic E-state index is -0.843. The van der Waals surface area contributed by atoms with Crippen molar-refractivity contribution in [2.75, 3.05) is 13.2 Å². The van der Waals surface area contributed by atoms with Crippen LogP contribution in [0.1, 0.15) is 463 Å². The Bertz CT molecular complexity index is 1460. The minimum absolute atomic E-state index is 0.0187. The fourth-order valence-corrected chi connectivity index (χ4v) is 13.1. The second-order valence-electron chi connectivity index (χ2n) is 28.4. The first-order valence-electron chi connectivity index (χ1n) is 41.3. The Labute approximate surface area is 564 Å². The average Bonchev–Trinajstić information content (AvgIpc) is 3.58. The fraction of sp³-hybridized carbons (Fsp3) is 0.905. The van der Waals surface area contributed by atoms with Crippen LogP contribution < -0.4 is 5.32 Å². The predicted octanol–water partition coefficient (Wildman–Crippen LogP) is 27.4. The zero-order valence-electron chi connectivity index (χ0n) is 61.1. The van der Waals surface area contributed by atoms with Gasteiger partial charge in [0.15, 0.2) is 0 Å². The second-order valence-corrected chi connectivity index (χ2v) is 28.4. The minimum Gasteiger partial charge on any atom is -0.466 e. The summed E-state index contributed by atoms with van der Waals surface area (Å²) >= 11 is 0. The molecule has 0 aliphatic heterocycles. The maximum Gasteiger partial charge on any atom is 0.305 e. The summed E-state index contributed by atoms with van der Waals surface area (Å²) in [6.45, 7) is 4.95. The van der Waals surface area contributed by atoms with Crippen molar-refractivity contribution in [1.82, 2.24) is 5.32 Å². The maximum absolute atomic E-state index is 12.5. The quantitative estimate of drug-likeness (QED) is 0.0320. The van der Waals surface area contributed by atoms with Crippen molar-refractivity contribution in [3.8, 4) is 0 Å². The van der Waals surface area contributed by atoms with Crippen LogP contribution in [0.5, 0.6) is 0 Å². The van der Waals surface area contributed by atoms with Crippen LogP contribution in [0.3, 0.4) is 0 Å². The van der Waals surface area contributed by atoms with Crippen molar-refractivity contribution in [3.05, 3.63) is 36.5 Å². The summed E-state index contributed by atoms with van der Waals surface area (Å²) < 4.78 is 5.51. The number of unbranched alkanes of at least 4 members (excludes halogenated alkanes) is 63. The Morgan fingerprint density at radius 2 is 0.522 bits per heavy atom. The molecule has 0 heterocycles. The van der Waals surface area contributed by atoms with E-state index in [2.05, 4.69) is 43.5 Å². The molecular weight excluding hydrogens is 1100 g/mol. The number of carbonyl (C=O) groups excluding carboxylic acids is 2. The summed E-state index contributed by atoms with van der Waals surface area (Å²) in [7, 11) is 0. The molecule has 0 rings (SSSR count). The van der Waals surface area contributed by atoms with Crippen molar-refractivity contribution < 1.29 is 24.5 Å². The van der Waals surface area contributed by atoms with Gasteiger partial charge >= 0.3 is 5.97 Å². The van der Waals surface area contributed by atoms with E-state index in [-0.39, 0.29) is 18.5 Å². The molecule has 3 N–H and O–H groups in total. The summed E-state index contributed by atoms with van der Waals surface area (Å²) in [5, 5.41) is 23.3. The topological polar surface area (TPSA) is 95.9 Å². The highest BCUT2D eigenvalue weighted by Gasteiger charge is 2.18. The molecule has 2 atom stereocenters. The highest BCUT2D eigenvalue weighted by Crippen LogP contribution is 2.20. The van der Waals surface area contributed by atoms with Gasteiger partial charge in [-0.2, -0.15) is 0 Å². The van der Waals surface area contributed by atoms with Gasteiger partial charge in [0.05, 0.1) is 25.4 Å². The van der Waals surface area contributed by atoms with Crippen LogP contribution in [0.2, 0.25) is 0 Å². The van der Waals surface area contributed by atoms with Crippen molar-refractivity contribution >= 4 is 11.9 Å². The lowest BCUT2D eigenvalue weighted by Gasteiger charge is -2.20. The number of rotatable bonds is 78. The molecule has 0 aromatic carbocycles. The number of amides is 1. The van der Waals surface area contributed by atoms with Crippen LogP contribution in [0.4, 0.5) is 0 Å². The number of esters is 1. The van der Waals surface area contributed by atoms with E-state index in [0.717, 1.165) is 44.9 Å².